The first-order valence-electron chi connectivity index (χ1n) is 9.41. The molecule has 1 unspecified atom stereocenters. The van der Waals surface area contributed by atoms with Crippen molar-refractivity contribution < 1.29 is 9.21 Å². The largest absolute Gasteiger partial charge is 0.434 e. The van der Waals surface area contributed by atoms with Gasteiger partial charge in [-0.05, 0) is 44.1 Å². The van der Waals surface area contributed by atoms with E-state index < -0.39 is 5.76 Å². The lowest BCUT2D eigenvalue weighted by atomic mass is 9.58. The van der Waals surface area contributed by atoms with Gasteiger partial charge < -0.3 is 9.32 Å². The fourth-order valence-corrected chi connectivity index (χ4v) is 5.66. The second-order valence-electron chi connectivity index (χ2n) is 8.05. The molecule has 3 aliphatic carbocycles. The van der Waals surface area contributed by atoms with E-state index in [-0.39, 0.29) is 23.2 Å². The molecule has 138 valence electrons. The number of fused-ring (bicyclic) bond motifs is 1. The van der Waals surface area contributed by atoms with E-state index in [1.165, 1.54) is 5.69 Å². The minimum Gasteiger partial charge on any atom is -0.392 e. The smallest absolute Gasteiger partial charge is 0.392 e. The number of amides is 1. The number of likely N-dealkylation sites (tertiary alicyclic amines) is 1. The lowest BCUT2D eigenvalue weighted by molar-refractivity contribution is -0.145. The number of H-pyrrole nitrogens is 1. The molecule has 1 amide bonds. The van der Waals surface area contributed by atoms with Gasteiger partial charge in [0.1, 0.15) is 0 Å². The van der Waals surface area contributed by atoms with Crippen LogP contribution in [0, 0.1) is 11.8 Å². The van der Waals surface area contributed by atoms with E-state index in [1.54, 1.807) is 0 Å². The minimum atomic E-state index is -0.532. The van der Waals surface area contributed by atoms with Gasteiger partial charge in [0.2, 0.25) is 11.8 Å². The topological polar surface area (TPSA) is 97.0 Å². The van der Waals surface area contributed by atoms with Crippen LogP contribution in [-0.4, -0.2) is 43.9 Å². The monoisotopic (exact) mass is 357 g/mol. The van der Waals surface area contributed by atoms with Crippen molar-refractivity contribution in [2.45, 2.75) is 43.4 Å². The van der Waals surface area contributed by atoms with Crippen LogP contribution in [-0.2, 0) is 17.3 Å². The molecule has 1 saturated heterocycles. The van der Waals surface area contributed by atoms with Gasteiger partial charge in [-0.2, -0.15) is 5.10 Å². The van der Waals surface area contributed by atoms with E-state index in [4.69, 9.17) is 4.42 Å². The summed E-state index contributed by atoms with van der Waals surface area (Å²) in [4.78, 5) is 26.6. The molecule has 4 fully saturated rings. The standard InChI is InChI=1S/C18H23N5O3/c1-22-13(5-7-19-22)18-6-4-11(9-18)14(18)16(24)23-8-2-3-12(10-23)15-20-21-17(25)26-15/h5,7,11-12,14H,2-4,6,8-10H2,1H3,(H,21,25)/t11-,12?,14+,18+/m0/s1. The molecule has 2 aromatic rings. The molecule has 3 saturated carbocycles. The molecule has 3 heterocycles. The third-order valence-electron chi connectivity index (χ3n) is 6.79. The molecule has 0 radical (unpaired) electrons. The van der Waals surface area contributed by atoms with Crippen molar-refractivity contribution in [1.29, 1.82) is 0 Å². The van der Waals surface area contributed by atoms with Crippen molar-refractivity contribution in [1.82, 2.24) is 24.9 Å². The summed E-state index contributed by atoms with van der Waals surface area (Å²) in [5.74, 6) is 0.685. The van der Waals surface area contributed by atoms with Gasteiger partial charge in [-0.3, -0.25) is 9.48 Å². The van der Waals surface area contributed by atoms with E-state index in [9.17, 15) is 9.59 Å². The summed E-state index contributed by atoms with van der Waals surface area (Å²) in [6, 6.07) is 2.07. The molecular weight excluding hydrogens is 334 g/mol. The quantitative estimate of drug-likeness (QED) is 0.889. The van der Waals surface area contributed by atoms with Crippen LogP contribution in [0.1, 0.15) is 49.6 Å². The number of aromatic nitrogens is 4. The molecule has 4 atom stereocenters. The fourth-order valence-electron chi connectivity index (χ4n) is 5.66. The third-order valence-corrected chi connectivity index (χ3v) is 6.79. The van der Waals surface area contributed by atoms with Crippen molar-refractivity contribution >= 4 is 5.91 Å². The fraction of sp³-hybridized carbons (Fsp3) is 0.667. The maximum Gasteiger partial charge on any atom is 0.434 e. The van der Waals surface area contributed by atoms with E-state index in [2.05, 4.69) is 21.4 Å². The number of carbonyl (C=O) groups excluding carboxylic acids is 1. The number of piperidine rings is 1. The SMILES string of the molecule is Cn1nccc1[C@@]12CC[C@@H](C1)[C@@H]2C(=O)N1CCCC(c2n[nH]c(=O)o2)C1. The number of nitrogens with zero attached hydrogens (tertiary/aromatic N) is 4. The third kappa shape index (κ3) is 2.13. The average Bonchev–Trinajstić information content (AvgIpc) is 3.38. The molecule has 26 heavy (non-hydrogen) atoms. The lowest BCUT2D eigenvalue weighted by Crippen LogP contribution is -2.55. The summed E-state index contributed by atoms with van der Waals surface area (Å²) >= 11 is 0. The zero-order valence-corrected chi connectivity index (χ0v) is 14.9. The number of hydrogen-bond acceptors (Lipinski definition) is 5. The molecule has 1 N–H and O–H groups in total. The summed E-state index contributed by atoms with van der Waals surface area (Å²) in [5.41, 5.74) is 1.15. The van der Waals surface area contributed by atoms with Gasteiger partial charge in [0.05, 0.1) is 11.8 Å². The molecule has 6 rings (SSSR count). The van der Waals surface area contributed by atoms with Crippen LogP contribution >= 0.6 is 0 Å². The molecule has 0 spiro atoms. The Morgan fingerprint density at radius 2 is 2.31 bits per heavy atom. The predicted molar refractivity (Wildman–Crippen MR) is 91.4 cm³/mol. The molecule has 0 aromatic carbocycles. The second kappa shape index (κ2) is 5.56. The Morgan fingerprint density at radius 3 is 3.00 bits per heavy atom. The Balaban J connectivity index is 1.38. The summed E-state index contributed by atoms with van der Waals surface area (Å²) in [6.07, 6.45) is 6.90. The number of aromatic amines is 1. The molecule has 1 aliphatic heterocycles. The number of rotatable bonds is 3. The summed E-state index contributed by atoms with van der Waals surface area (Å²) in [5, 5.41) is 10.6. The van der Waals surface area contributed by atoms with E-state index >= 15 is 0 Å². The summed E-state index contributed by atoms with van der Waals surface area (Å²) in [6.45, 7) is 1.35. The van der Waals surface area contributed by atoms with Crippen molar-refractivity contribution in [3.05, 3.63) is 34.4 Å². The summed E-state index contributed by atoms with van der Waals surface area (Å²) < 4.78 is 7.06. The number of carbonyl (C=O) groups is 1. The van der Waals surface area contributed by atoms with Crippen LogP contribution in [0.4, 0.5) is 0 Å². The zero-order chi connectivity index (χ0) is 17.9. The highest BCUT2D eigenvalue weighted by atomic mass is 16.4. The van der Waals surface area contributed by atoms with E-state index in [1.807, 2.05) is 22.8 Å². The van der Waals surface area contributed by atoms with Crippen LogP contribution in [0.3, 0.4) is 0 Å². The van der Waals surface area contributed by atoms with Crippen LogP contribution in [0.15, 0.2) is 21.5 Å². The highest BCUT2D eigenvalue weighted by Crippen LogP contribution is 2.64. The van der Waals surface area contributed by atoms with Crippen molar-refractivity contribution in [2.24, 2.45) is 18.9 Å². The summed E-state index contributed by atoms with van der Waals surface area (Å²) in [7, 11) is 1.97. The highest BCUT2D eigenvalue weighted by molar-refractivity contribution is 5.83. The first kappa shape index (κ1) is 15.8. The van der Waals surface area contributed by atoms with Gasteiger partial charge in [-0.1, -0.05) is 0 Å². The lowest BCUT2D eigenvalue weighted by Gasteiger charge is -2.49. The first-order chi connectivity index (χ1) is 12.6. The molecule has 2 bridgehead atoms. The molecule has 4 aliphatic rings. The Labute approximate surface area is 150 Å². The van der Waals surface area contributed by atoms with Crippen LogP contribution in [0.2, 0.25) is 0 Å². The van der Waals surface area contributed by atoms with Gasteiger partial charge in [-0.25, -0.2) is 9.89 Å². The van der Waals surface area contributed by atoms with Gasteiger partial charge in [0.25, 0.3) is 0 Å². The number of hydrogen-bond donors (Lipinski definition) is 1. The maximum absolute atomic E-state index is 13.4. The van der Waals surface area contributed by atoms with Crippen LogP contribution < -0.4 is 5.76 Å². The van der Waals surface area contributed by atoms with Crippen molar-refractivity contribution in [3.8, 4) is 0 Å². The molecular formula is C18H23N5O3. The Hall–Kier alpha value is -2.38. The highest BCUT2D eigenvalue weighted by Gasteiger charge is 2.64. The second-order valence-corrected chi connectivity index (χ2v) is 8.05. The minimum absolute atomic E-state index is 0.00275. The molecule has 8 nitrogen and oxygen atoms in total. The van der Waals surface area contributed by atoms with Gasteiger partial charge >= 0.3 is 5.76 Å². The first-order valence-corrected chi connectivity index (χ1v) is 9.41. The Bertz CT molecular complexity index is 895. The van der Waals surface area contributed by atoms with E-state index in [0.717, 1.165) is 38.6 Å². The molecule has 8 heteroatoms. The van der Waals surface area contributed by atoms with Gasteiger partial charge in [0, 0.05) is 37.4 Å². The van der Waals surface area contributed by atoms with Crippen molar-refractivity contribution in [2.75, 3.05) is 13.1 Å². The van der Waals surface area contributed by atoms with Crippen LogP contribution in [0.5, 0.6) is 0 Å². The number of aryl methyl sites for hydroxylation is 1. The Morgan fingerprint density at radius 1 is 1.42 bits per heavy atom. The normalized spacial score (nSPS) is 33.3. The predicted octanol–water partition coefficient (Wildman–Crippen LogP) is 1.17. The zero-order valence-electron chi connectivity index (χ0n) is 14.9. The van der Waals surface area contributed by atoms with E-state index in [0.29, 0.717) is 18.4 Å². The van der Waals surface area contributed by atoms with Crippen molar-refractivity contribution in [3.63, 3.8) is 0 Å². The Kier molecular flexibility index (Phi) is 3.39. The average molecular weight is 357 g/mol. The van der Waals surface area contributed by atoms with Gasteiger partial charge in [-0.15, -0.1) is 5.10 Å². The maximum atomic E-state index is 13.4. The van der Waals surface area contributed by atoms with Crippen LogP contribution in [0.25, 0.3) is 0 Å². The van der Waals surface area contributed by atoms with Gasteiger partial charge in [0.15, 0.2) is 0 Å². The molecule has 2 aromatic heterocycles. The number of nitrogens with one attached hydrogen (secondary N) is 1.